The van der Waals surface area contributed by atoms with E-state index in [1.54, 1.807) is 0 Å². The van der Waals surface area contributed by atoms with Gasteiger partial charge in [-0.2, -0.15) is 75.8 Å². The van der Waals surface area contributed by atoms with Gasteiger partial charge in [-0.05, 0) is 35.5 Å². The van der Waals surface area contributed by atoms with Crippen LogP contribution in [0, 0.1) is 16.2 Å². The molecule has 4 atom stereocenters. The summed E-state index contributed by atoms with van der Waals surface area (Å²) in [4.78, 5) is 0. The van der Waals surface area contributed by atoms with Crippen LogP contribution in [0.3, 0.4) is 0 Å². The minimum Gasteiger partial charge on any atom is -0.170 e. The largest absolute Gasteiger partial charge is 0.170 e. The minimum atomic E-state index is -0.606. The second kappa shape index (κ2) is 3.84. The molecule has 4 bridgehead atoms. The van der Waals surface area contributed by atoms with Gasteiger partial charge in [0, 0.05) is 4.75 Å². The maximum Gasteiger partial charge on any atom is 0.0861 e. The Morgan fingerprint density at radius 1 is 0.650 bits per heavy atom. The van der Waals surface area contributed by atoms with Crippen LogP contribution in [0.5, 0.6) is 0 Å². The second-order valence-corrected chi connectivity index (χ2v) is 13.3. The van der Waals surface area contributed by atoms with Crippen molar-refractivity contribution in [3.05, 3.63) is 0 Å². The molecule has 4 unspecified atom stereocenters. The highest BCUT2D eigenvalue weighted by Crippen LogP contribution is 2.86. The summed E-state index contributed by atoms with van der Waals surface area (Å²) in [5, 5.41) is 0. The van der Waals surface area contributed by atoms with E-state index in [0.29, 0.717) is 0 Å². The van der Waals surface area contributed by atoms with E-state index >= 15 is 0 Å². The molecular formula is C14H24S6. The molecule has 0 amide bonds. The zero-order valence-corrected chi connectivity index (χ0v) is 17.7. The van der Waals surface area contributed by atoms with E-state index in [9.17, 15) is 0 Å². The monoisotopic (exact) mass is 384 g/mol. The predicted octanol–water partition coefficient (Wildman–Crippen LogP) is 4.69. The molecule has 6 heteroatoms. The molecule has 0 aromatic carbocycles. The van der Waals surface area contributed by atoms with Gasteiger partial charge in [0.2, 0.25) is 0 Å². The quantitative estimate of drug-likeness (QED) is 0.253. The van der Waals surface area contributed by atoms with E-state index in [-0.39, 0.29) is 21.0 Å². The van der Waals surface area contributed by atoms with Crippen LogP contribution in [-0.4, -0.2) is 17.7 Å². The summed E-state index contributed by atoms with van der Waals surface area (Å²) in [6, 6.07) is 0. The Morgan fingerprint density at radius 3 is 1.65 bits per heavy atom. The lowest BCUT2D eigenvalue weighted by Crippen LogP contribution is -2.85. The zero-order chi connectivity index (χ0) is 15.6. The Labute approximate surface area is 155 Å². The summed E-state index contributed by atoms with van der Waals surface area (Å²) in [5.41, 5.74) is 0.170. The molecular weight excluding hydrogens is 361 g/mol. The standard InChI is InChI=1S/C14H24S6/c1-8(2)9(3)5-11(15)7-10(8,4)13(17,18)12(16,6-9)14(11,19)20/h15-20H,5-7H2,1-4H3. The lowest BCUT2D eigenvalue weighted by atomic mass is 9.34. The Bertz CT molecular complexity index is 458. The highest BCUT2D eigenvalue weighted by molar-refractivity contribution is 8.06. The van der Waals surface area contributed by atoms with E-state index in [4.69, 9.17) is 75.8 Å². The summed E-state index contributed by atoms with van der Waals surface area (Å²) in [6.45, 7) is 9.39. The minimum absolute atomic E-state index is 0.0874. The fourth-order valence-corrected chi connectivity index (χ4v) is 9.51. The van der Waals surface area contributed by atoms with Gasteiger partial charge in [0.1, 0.15) is 0 Å². The molecule has 0 aliphatic heterocycles. The second-order valence-electron chi connectivity index (χ2n) is 8.28. The van der Waals surface area contributed by atoms with Crippen molar-refractivity contribution < 1.29 is 0 Å². The van der Waals surface area contributed by atoms with E-state index < -0.39 is 12.9 Å². The molecule has 4 fully saturated rings. The average Bonchev–Trinajstić information content (AvgIpc) is 2.22. The molecule has 4 aliphatic carbocycles. The first kappa shape index (κ1) is 16.9. The van der Waals surface area contributed by atoms with Gasteiger partial charge in [0.15, 0.2) is 0 Å². The molecule has 20 heavy (non-hydrogen) atoms. The third-order valence-electron chi connectivity index (χ3n) is 7.43. The molecule has 0 radical (unpaired) electrons. The summed E-state index contributed by atoms with van der Waals surface area (Å²) >= 11 is 30.1. The van der Waals surface area contributed by atoms with Crippen molar-refractivity contribution >= 4 is 75.8 Å². The third kappa shape index (κ3) is 1.34. The molecule has 0 saturated heterocycles. The van der Waals surface area contributed by atoms with Crippen molar-refractivity contribution in [2.45, 2.75) is 64.6 Å². The van der Waals surface area contributed by atoms with E-state index in [1.165, 1.54) is 0 Å². The Hall–Kier alpha value is 2.10. The van der Waals surface area contributed by atoms with E-state index in [1.807, 2.05) is 0 Å². The number of rotatable bonds is 0. The molecule has 116 valence electrons. The third-order valence-corrected chi connectivity index (χ3v) is 13.3. The maximum absolute atomic E-state index is 5.10. The molecule has 0 heterocycles. The van der Waals surface area contributed by atoms with Crippen molar-refractivity contribution in [2.75, 3.05) is 0 Å². The van der Waals surface area contributed by atoms with Gasteiger partial charge in [-0.1, -0.05) is 27.7 Å². The number of hydrogen-bond donors (Lipinski definition) is 6. The number of thiol groups is 6. The molecule has 0 spiro atoms. The normalized spacial score (nSPS) is 57.9. The fraction of sp³-hybridized carbons (Fsp3) is 1.00. The van der Waals surface area contributed by atoms with Crippen LogP contribution in [0.4, 0.5) is 0 Å². The zero-order valence-electron chi connectivity index (χ0n) is 12.3. The van der Waals surface area contributed by atoms with Gasteiger partial charge >= 0.3 is 0 Å². The highest BCUT2D eigenvalue weighted by Gasteiger charge is 2.85. The molecule has 0 nitrogen and oxygen atoms in total. The Kier molecular flexibility index (Phi) is 3.25. The fourth-order valence-electron chi connectivity index (χ4n) is 5.39. The van der Waals surface area contributed by atoms with Crippen molar-refractivity contribution in [1.82, 2.24) is 0 Å². The van der Waals surface area contributed by atoms with Crippen molar-refractivity contribution in [1.29, 1.82) is 0 Å². The summed E-state index contributed by atoms with van der Waals surface area (Å²) in [5.74, 6) is 0. The van der Waals surface area contributed by atoms with Gasteiger partial charge in [-0.15, -0.1) is 0 Å². The van der Waals surface area contributed by atoms with Crippen LogP contribution < -0.4 is 0 Å². The smallest absolute Gasteiger partial charge is 0.0861 e. The van der Waals surface area contributed by atoms with E-state index in [0.717, 1.165) is 19.3 Å². The first-order valence-corrected chi connectivity index (χ1v) is 9.65. The highest BCUT2D eigenvalue weighted by atomic mass is 32.2. The molecule has 4 saturated carbocycles. The van der Waals surface area contributed by atoms with Gasteiger partial charge in [0.25, 0.3) is 0 Å². The molecule has 4 aliphatic rings. The van der Waals surface area contributed by atoms with Crippen LogP contribution in [0.1, 0.15) is 47.0 Å². The van der Waals surface area contributed by atoms with Crippen LogP contribution in [0.2, 0.25) is 0 Å². The maximum atomic E-state index is 5.10. The predicted molar refractivity (Wildman–Crippen MR) is 109 cm³/mol. The Morgan fingerprint density at radius 2 is 1.15 bits per heavy atom. The lowest BCUT2D eigenvalue weighted by molar-refractivity contribution is -0.183. The van der Waals surface area contributed by atoms with Crippen molar-refractivity contribution in [2.24, 2.45) is 16.2 Å². The summed E-state index contributed by atoms with van der Waals surface area (Å²) in [6.07, 6.45) is 2.83. The molecule has 0 aromatic rings. The first-order chi connectivity index (χ1) is 8.62. The topological polar surface area (TPSA) is 0 Å². The van der Waals surface area contributed by atoms with Crippen LogP contribution in [0.25, 0.3) is 0 Å². The van der Waals surface area contributed by atoms with E-state index in [2.05, 4.69) is 27.7 Å². The summed E-state index contributed by atoms with van der Waals surface area (Å²) in [7, 11) is 0. The number of hydrogen-bond acceptors (Lipinski definition) is 6. The van der Waals surface area contributed by atoms with Gasteiger partial charge in [-0.25, -0.2) is 0 Å². The van der Waals surface area contributed by atoms with Crippen LogP contribution >= 0.6 is 75.8 Å². The van der Waals surface area contributed by atoms with Crippen LogP contribution in [0.15, 0.2) is 0 Å². The van der Waals surface area contributed by atoms with Crippen molar-refractivity contribution in [3.8, 4) is 0 Å². The van der Waals surface area contributed by atoms with Gasteiger partial charge in [-0.3, -0.25) is 0 Å². The average molecular weight is 385 g/mol. The molecule has 4 rings (SSSR count). The molecule has 0 N–H and O–H groups in total. The van der Waals surface area contributed by atoms with Crippen LogP contribution in [-0.2, 0) is 0 Å². The SMILES string of the molecule is CC12CC3(S)CC(C)(C1(C)C)C(S)(S)C(S)(C2)C3(S)S. The van der Waals surface area contributed by atoms with Gasteiger partial charge in [0.05, 0.1) is 12.9 Å². The summed E-state index contributed by atoms with van der Waals surface area (Å²) < 4.78 is -1.91. The molecule has 0 aromatic heterocycles. The van der Waals surface area contributed by atoms with Crippen molar-refractivity contribution in [3.63, 3.8) is 0 Å². The first-order valence-electron chi connectivity index (χ1n) is 6.96. The van der Waals surface area contributed by atoms with Gasteiger partial charge < -0.3 is 0 Å². The Balaban J connectivity index is 2.36. The lowest BCUT2D eigenvalue weighted by Gasteiger charge is -2.83.